The highest BCUT2D eigenvalue weighted by Crippen LogP contribution is 2.33. The van der Waals surface area contributed by atoms with Crippen molar-refractivity contribution < 1.29 is 0 Å². The van der Waals surface area contributed by atoms with Gasteiger partial charge in [-0.15, -0.1) is 0 Å². The maximum absolute atomic E-state index is 12.7. The van der Waals surface area contributed by atoms with E-state index in [1.807, 2.05) is 48.0 Å². The number of fused-ring (bicyclic) bond motifs is 1. The highest BCUT2D eigenvalue weighted by atomic mass is 16.1. The van der Waals surface area contributed by atoms with Crippen molar-refractivity contribution in [3.05, 3.63) is 52.9 Å². The number of imidazole rings is 1. The lowest BCUT2D eigenvalue weighted by atomic mass is 9.89. The Balaban J connectivity index is 1.74. The van der Waals surface area contributed by atoms with Gasteiger partial charge in [0.15, 0.2) is 0 Å². The van der Waals surface area contributed by atoms with Gasteiger partial charge in [0.2, 0.25) is 0 Å². The Morgan fingerprint density at radius 3 is 2.66 bits per heavy atom. The fourth-order valence-corrected chi connectivity index (χ4v) is 4.41. The summed E-state index contributed by atoms with van der Waals surface area (Å²) in [5.41, 5.74) is 10.7. The summed E-state index contributed by atoms with van der Waals surface area (Å²) in [5, 5.41) is 3.50. The van der Waals surface area contributed by atoms with Gasteiger partial charge in [-0.25, -0.2) is 4.79 Å². The number of rotatable bonds is 7. The molecule has 154 valence electrons. The second-order valence-corrected chi connectivity index (χ2v) is 8.13. The molecule has 1 heterocycles. The van der Waals surface area contributed by atoms with E-state index in [2.05, 4.69) is 21.3 Å². The Labute approximate surface area is 171 Å². The lowest BCUT2D eigenvalue weighted by Gasteiger charge is -2.24. The molecule has 2 aromatic carbocycles. The van der Waals surface area contributed by atoms with Crippen LogP contribution in [0.5, 0.6) is 0 Å². The van der Waals surface area contributed by atoms with Crippen LogP contribution in [0.4, 0.5) is 17.1 Å². The van der Waals surface area contributed by atoms with Crippen molar-refractivity contribution in [1.82, 2.24) is 9.55 Å². The van der Waals surface area contributed by atoms with Gasteiger partial charge in [0, 0.05) is 32.4 Å². The van der Waals surface area contributed by atoms with Crippen molar-refractivity contribution in [3.8, 4) is 0 Å². The summed E-state index contributed by atoms with van der Waals surface area (Å²) in [7, 11) is 2.04. The molecule has 0 atom stereocenters. The van der Waals surface area contributed by atoms with Gasteiger partial charge < -0.3 is 20.9 Å². The Hall–Kier alpha value is -2.73. The van der Waals surface area contributed by atoms with Gasteiger partial charge in [0.1, 0.15) is 0 Å². The van der Waals surface area contributed by atoms with E-state index in [9.17, 15) is 4.79 Å². The third kappa shape index (κ3) is 4.32. The molecule has 0 bridgehead atoms. The Bertz CT molecular complexity index is 1000. The van der Waals surface area contributed by atoms with Gasteiger partial charge >= 0.3 is 5.69 Å². The quantitative estimate of drug-likeness (QED) is 0.566. The summed E-state index contributed by atoms with van der Waals surface area (Å²) in [4.78, 5) is 18.0. The van der Waals surface area contributed by atoms with Crippen LogP contribution in [0.1, 0.15) is 32.1 Å². The molecule has 1 aromatic heterocycles. The first-order valence-electron chi connectivity index (χ1n) is 10.7. The van der Waals surface area contributed by atoms with Crippen molar-refractivity contribution in [2.45, 2.75) is 38.6 Å². The molecule has 1 saturated carbocycles. The molecule has 6 heteroatoms. The second-order valence-electron chi connectivity index (χ2n) is 8.13. The fourth-order valence-electron chi connectivity index (χ4n) is 4.41. The van der Waals surface area contributed by atoms with Gasteiger partial charge in [0.05, 0.1) is 22.4 Å². The molecule has 0 radical (unpaired) electrons. The predicted octanol–water partition coefficient (Wildman–Crippen LogP) is 4.05. The third-order valence-electron chi connectivity index (χ3n) is 5.99. The summed E-state index contributed by atoms with van der Waals surface area (Å²) in [6, 6.07) is 14.3. The van der Waals surface area contributed by atoms with Gasteiger partial charge in [-0.1, -0.05) is 37.5 Å². The van der Waals surface area contributed by atoms with E-state index in [1.165, 1.54) is 32.1 Å². The molecule has 4 rings (SSSR count). The first kappa shape index (κ1) is 19.6. The normalized spacial score (nSPS) is 15.0. The molecule has 29 heavy (non-hydrogen) atoms. The number of H-pyrrole nitrogens is 1. The number of likely N-dealkylation sites (N-methyl/N-ethyl adjacent to an activating group) is 1. The molecular weight excluding hydrogens is 362 g/mol. The number of hydrogen-bond acceptors (Lipinski definition) is 4. The molecule has 1 aliphatic rings. The van der Waals surface area contributed by atoms with Gasteiger partial charge in [-0.3, -0.25) is 4.57 Å². The molecule has 0 saturated heterocycles. The molecule has 1 aliphatic carbocycles. The van der Waals surface area contributed by atoms with Crippen LogP contribution < -0.4 is 21.6 Å². The number of nitrogens with two attached hydrogens (primary N) is 1. The van der Waals surface area contributed by atoms with E-state index >= 15 is 0 Å². The third-order valence-corrected chi connectivity index (χ3v) is 5.99. The maximum Gasteiger partial charge on any atom is 0.326 e. The average molecular weight is 394 g/mol. The van der Waals surface area contributed by atoms with Crippen molar-refractivity contribution in [3.63, 3.8) is 0 Å². The Morgan fingerprint density at radius 2 is 1.93 bits per heavy atom. The van der Waals surface area contributed by atoms with Crippen LogP contribution >= 0.6 is 0 Å². The van der Waals surface area contributed by atoms with Crippen molar-refractivity contribution in [2.75, 3.05) is 30.4 Å². The van der Waals surface area contributed by atoms with Crippen LogP contribution in [0.3, 0.4) is 0 Å². The minimum absolute atomic E-state index is 0.0186. The molecule has 0 unspecified atom stereocenters. The van der Waals surface area contributed by atoms with E-state index in [0.29, 0.717) is 12.5 Å². The van der Waals surface area contributed by atoms with E-state index in [4.69, 9.17) is 5.73 Å². The maximum atomic E-state index is 12.7. The first-order chi connectivity index (χ1) is 14.2. The number of anilines is 3. The Kier molecular flexibility index (Phi) is 5.90. The van der Waals surface area contributed by atoms with Gasteiger partial charge in [-0.2, -0.15) is 0 Å². The predicted molar refractivity (Wildman–Crippen MR) is 121 cm³/mol. The fraction of sp³-hybridized carbons (Fsp3) is 0.435. The highest BCUT2D eigenvalue weighted by Gasteiger charge is 2.19. The van der Waals surface area contributed by atoms with Crippen LogP contribution in [0.15, 0.2) is 47.3 Å². The topological polar surface area (TPSA) is 79.1 Å². The molecule has 4 N–H and O–H groups in total. The highest BCUT2D eigenvalue weighted by molar-refractivity contribution is 5.90. The number of para-hydroxylation sites is 1. The smallest absolute Gasteiger partial charge is 0.326 e. The summed E-state index contributed by atoms with van der Waals surface area (Å²) in [6.45, 7) is 2.11. The van der Waals surface area contributed by atoms with Crippen molar-refractivity contribution in [1.29, 1.82) is 0 Å². The van der Waals surface area contributed by atoms with Crippen LogP contribution in [-0.2, 0) is 6.54 Å². The molecule has 0 spiro atoms. The number of aromatic nitrogens is 2. The lowest BCUT2D eigenvalue weighted by Crippen LogP contribution is -2.26. The lowest BCUT2D eigenvalue weighted by molar-refractivity contribution is 0.319. The van der Waals surface area contributed by atoms with E-state index in [-0.39, 0.29) is 5.69 Å². The van der Waals surface area contributed by atoms with Crippen molar-refractivity contribution >= 4 is 28.1 Å². The SMILES string of the molecule is CN(CCN)c1cc2c(cc1Nc1ccccc1)[nH]c(=O)n2CC1CCCCC1. The van der Waals surface area contributed by atoms with E-state index in [0.717, 1.165) is 41.2 Å². The number of aromatic amines is 1. The first-order valence-corrected chi connectivity index (χ1v) is 10.7. The van der Waals surface area contributed by atoms with Gasteiger partial charge in [-0.05, 0) is 43.0 Å². The molecule has 6 nitrogen and oxygen atoms in total. The molecule has 3 aromatic rings. The number of nitrogens with zero attached hydrogens (tertiary/aromatic N) is 2. The molecule has 1 fully saturated rings. The van der Waals surface area contributed by atoms with Gasteiger partial charge in [0.25, 0.3) is 0 Å². The monoisotopic (exact) mass is 393 g/mol. The molecule has 0 aliphatic heterocycles. The average Bonchev–Trinajstić information content (AvgIpc) is 3.03. The van der Waals surface area contributed by atoms with E-state index in [1.54, 1.807) is 0 Å². The zero-order chi connectivity index (χ0) is 20.2. The summed E-state index contributed by atoms with van der Waals surface area (Å²) in [6.07, 6.45) is 6.30. The largest absolute Gasteiger partial charge is 0.372 e. The zero-order valence-electron chi connectivity index (χ0n) is 17.2. The standard InChI is InChI=1S/C23H31N5O/c1-27(13-12-24)21-15-22-20(14-19(21)25-18-10-6-3-7-11-18)26-23(29)28(22)16-17-8-4-2-5-9-17/h3,6-7,10-11,14-15,17,25H,2,4-5,8-9,12-13,16,24H2,1H3,(H,26,29). The second kappa shape index (κ2) is 8.74. The van der Waals surface area contributed by atoms with Crippen LogP contribution in [0.2, 0.25) is 0 Å². The number of nitrogens with one attached hydrogen (secondary N) is 2. The minimum Gasteiger partial charge on any atom is -0.372 e. The molecule has 0 amide bonds. The summed E-state index contributed by atoms with van der Waals surface area (Å²) >= 11 is 0. The van der Waals surface area contributed by atoms with Crippen molar-refractivity contribution in [2.24, 2.45) is 11.7 Å². The van der Waals surface area contributed by atoms with E-state index < -0.39 is 0 Å². The minimum atomic E-state index is -0.0186. The summed E-state index contributed by atoms with van der Waals surface area (Å²) in [5.74, 6) is 0.591. The summed E-state index contributed by atoms with van der Waals surface area (Å²) < 4.78 is 1.93. The zero-order valence-corrected chi connectivity index (χ0v) is 17.2. The number of hydrogen-bond donors (Lipinski definition) is 3. The van der Waals surface area contributed by atoms with Crippen LogP contribution in [0, 0.1) is 5.92 Å². The number of benzene rings is 2. The van der Waals surface area contributed by atoms with Crippen LogP contribution in [-0.4, -0.2) is 29.7 Å². The van der Waals surface area contributed by atoms with Crippen LogP contribution in [0.25, 0.3) is 11.0 Å². The molecular formula is C23H31N5O. The Morgan fingerprint density at radius 1 is 1.17 bits per heavy atom.